The number of benzene rings is 2. The number of nitrogens with zero attached hydrogens (tertiary/aromatic N) is 1. The predicted molar refractivity (Wildman–Crippen MR) is 85.3 cm³/mol. The molecule has 0 radical (unpaired) electrons. The molecule has 1 fully saturated rings. The van der Waals surface area contributed by atoms with Crippen LogP contribution in [0.1, 0.15) is 12.8 Å². The largest absolute Gasteiger partial charge is 0.497 e. The summed E-state index contributed by atoms with van der Waals surface area (Å²) >= 11 is 0. The van der Waals surface area contributed by atoms with E-state index in [2.05, 4.69) is 4.90 Å². The summed E-state index contributed by atoms with van der Waals surface area (Å²) in [6.07, 6.45) is 1.95. The Hall–Kier alpha value is -2.23. The lowest BCUT2D eigenvalue weighted by Gasteiger charge is -2.34. The van der Waals surface area contributed by atoms with Crippen molar-refractivity contribution in [2.45, 2.75) is 18.9 Å². The van der Waals surface area contributed by atoms with Gasteiger partial charge in [0.1, 0.15) is 23.4 Å². The molecule has 4 heteroatoms. The van der Waals surface area contributed by atoms with Crippen molar-refractivity contribution in [2.24, 2.45) is 0 Å². The molecule has 0 atom stereocenters. The van der Waals surface area contributed by atoms with Gasteiger partial charge in [-0.2, -0.15) is 0 Å². The third-order valence-electron chi connectivity index (χ3n) is 3.98. The first-order valence-corrected chi connectivity index (χ1v) is 7.56. The average molecular weight is 301 g/mol. The maximum atomic E-state index is 14.0. The monoisotopic (exact) mass is 301 g/mol. The smallest absolute Gasteiger partial charge is 0.146 e. The van der Waals surface area contributed by atoms with Crippen LogP contribution < -0.4 is 14.4 Å². The molecular formula is C18H20FNO2. The molecule has 0 spiro atoms. The number of hydrogen-bond acceptors (Lipinski definition) is 3. The third kappa shape index (κ3) is 3.32. The van der Waals surface area contributed by atoms with Gasteiger partial charge in [-0.1, -0.05) is 18.2 Å². The minimum Gasteiger partial charge on any atom is -0.497 e. The van der Waals surface area contributed by atoms with E-state index in [1.807, 2.05) is 30.3 Å². The van der Waals surface area contributed by atoms with Gasteiger partial charge in [-0.3, -0.25) is 0 Å². The van der Waals surface area contributed by atoms with Crippen molar-refractivity contribution in [2.75, 3.05) is 25.1 Å². The first-order valence-electron chi connectivity index (χ1n) is 7.56. The number of methoxy groups -OCH3 is 1. The van der Waals surface area contributed by atoms with Gasteiger partial charge in [0.25, 0.3) is 0 Å². The van der Waals surface area contributed by atoms with Crippen LogP contribution in [0.3, 0.4) is 0 Å². The van der Waals surface area contributed by atoms with E-state index < -0.39 is 0 Å². The van der Waals surface area contributed by atoms with Gasteiger partial charge >= 0.3 is 0 Å². The molecule has 0 aliphatic carbocycles. The van der Waals surface area contributed by atoms with E-state index in [0.717, 1.165) is 31.7 Å². The topological polar surface area (TPSA) is 21.7 Å². The number of piperidine rings is 1. The van der Waals surface area contributed by atoms with Gasteiger partial charge in [-0.25, -0.2) is 4.39 Å². The summed E-state index contributed by atoms with van der Waals surface area (Å²) < 4.78 is 25.2. The molecule has 0 bridgehead atoms. The van der Waals surface area contributed by atoms with Crippen LogP contribution in [0.5, 0.6) is 11.5 Å². The van der Waals surface area contributed by atoms with Crippen molar-refractivity contribution in [1.29, 1.82) is 0 Å². The lowest BCUT2D eigenvalue weighted by atomic mass is 10.1. The van der Waals surface area contributed by atoms with Crippen LogP contribution >= 0.6 is 0 Å². The predicted octanol–water partition coefficient (Wildman–Crippen LogP) is 3.88. The number of para-hydroxylation sites is 1. The molecular weight excluding hydrogens is 281 g/mol. The van der Waals surface area contributed by atoms with E-state index >= 15 is 0 Å². The Morgan fingerprint density at radius 2 is 1.73 bits per heavy atom. The molecule has 1 heterocycles. The Morgan fingerprint density at radius 1 is 1.00 bits per heavy atom. The lowest BCUT2D eigenvalue weighted by molar-refractivity contribution is 0.170. The highest BCUT2D eigenvalue weighted by atomic mass is 19.1. The van der Waals surface area contributed by atoms with Crippen molar-refractivity contribution in [3.8, 4) is 11.5 Å². The molecule has 0 N–H and O–H groups in total. The highest BCUT2D eigenvalue weighted by Crippen LogP contribution is 2.28. The SMILES string of the molecule is COc1ccc(F)c(N2CCC(Oc3ccccc3)CC2)c1. The van der Waals surface area contributed by atoms with E-state index in [4.69, 9.17) is 9.47 Å². The second kappa shape index (κ2) is 6.69. The molecule has 0 unspecified atom stereocenters. The first kappa shape index (κ1) is 14.7. The quantitative estimate of drug-likeness (QED) is 0.855. The van der Waals surface area contributed by atoms with Crippen LogP contribution in [0.4, 0.5) is 10.1 Å². The van der Waals surface area contributed by atoms with Gasteiger partial charge in [0.15, 0.2) is 0 Å². The zero-order valence-electron chi connectivity index (χ0n) is 12.7. The normalized spacial score (nSPS) is 15.6. The maximum Gasteiger partial charge on any atom is 0.146 e. The Balaban J connectivity index is 1.62. The minimum atomic E-state index is -0.205. The number of halogens is 1. The molecule has 0 saturated carbocycles. The molecule has 1 aliphatic rings. The van der Waals surface area contributed by atoms with Gasteiger partial charge in [0, 0.05) is 32.0 Å². The molecule has 22 heavy (non-hydrogen) atoms. The molecule has 3 rings (SSSR count). The van der Waals surface area contributed by atoms with E-state index in [0.29, 0.717) is 11.4 Å². The maximum absolute atomic E-state index is 14.0. The number of anilines is 1. The van der Waals surface area contributed by atoms with Crippen molar-refractivity contribution < 1.29 is 13.9 Å². The second-order valence-corrected chi connectivity index (χ2v) is 5.43. The molecule has 1 aliphatic heterocycles. The van der Waals surface area contributed by atoms with Gasteiger partial charge in [-0.15, -0.1) is 0 Å². The van der Waals surface area contributed by atoms with E-state index in [1.54, 1.807) is 19.2 Å². The first-order chi connectivity index (χ1) is 10.8. The highest BCUT2D eigenvalue weighted by Gasteiger charge is 2.22. The summed E-state index contributed by atoms with van der Waals surface area (Å²) in [4.78, 5) is 2.06. The van der Waals surface area contributed by atoms with E-state index in [1.165, 1.54) is 6.07 Å². The van der Waals surface area contributed by atoms with Crippen molar-refractivity contribution in [1.82, 2.24) is 0 Å². The molecule has 1 saturated heterocycles. The van der Waals surface area contributed by atoms with Crippen LogP contribution in [-0.4, -0.2) is 26.3 Å². The van der Waals surface area contributed by atoms with Crippen LogP contribution in [0.15, 0.2) is 48.5 Å². The Bertz CT molecular complexity index is 610. The van der Waals surface area contributed by atoms with Crippen LogP contribution in [0, 0.1) is 5.82 Å². The fraction of sp³-hybridized carbons (Fsp3) is 0.333. The van der Waals surface area contributed by atoms with Crippen LogP contribution in [0.25, 0.3) is 0 Å². The summed E-state index contributed by atoms with van der Waals surface area (Å²) in [5, 5.41) is 0. The summed E-state index contributed by atoms with van der Waals surface area (Å²) in [5.41, 5.74) is 0.609. The van der Waals surface area contributed by atoms with Gasteiger partial charge in [0.05, 0.1) is 12.8 Å². The summed E-state index contributed by atoms with van der Waals surface area (Å²) in [7, 11) is 1.59. The Morgan fingerprint density at radius 3 is 2.41 bits per heavy atom. The zero-order chi connectivity index (χ0) is 15.4. The highest BCUT2D eigenvalue weighted by molar-refractivity contribution is 5.52. The van der Waals surface area contributed by atoms with Crippen LogP contribution in [-0.2, 0) is 0 Å². The number of ether oxygens (including phenoxy) is 2. The Kier molecular flexibility index (Phi) is 4.47. The van der Waals surface area contributed by atoms with Gasteiger partial charge in [-0.05, 0) is 24.3 Å². The lowest BCUT2D eigenvalue weighted by Crippen LogP contribution is -2.38. The van der Waals surface area contributed by atoms with E-state index in [-0.39, 0.29) is 11.9 Å². The third-order valence-corrected chi connectivity index (χ3v) is 3.98. The zero-order valence-corrected chi connectivity index (χ0v) is 12.7. The second-order valence-electron chi connectivity index (χ2n) is 5.43. The molecule has 0 aromatic heterocycles. The molecule has 116 valence electrons. The molecule has 2 aromatic rings. The number of hydrogen-bond donors (Lipinski definition) is 0. The fourth-order valence-electron chi connectivity index (χ4n) is 2.77. The average Bonchev–Trinajstić information content (AvgIpc) is 2.57. The Labute approximate surface area is 130 Å². The standard InChI is InChI=1S/C18H20FNO2/c1-21-16-7-8-17(19)18(13-16)20-11-9-15(10-12-20)22-14-5-3-2-4-6-14/h2-8,13,15H,9-12H2,1H3. The number of rotatable bonds is 4. The van der Waals surface area contributed by atoms with Crippen LogP contribution in [0.2, 0.25) is 0 Å². The van der Waals surface area contributed by atoms with Crippen molar-refractivity contribution >= 4 is 5.69 Å². The summed E-state index contributed by atoms with van der Waals surface area (Å²) in [6.45, 7) is 1.56. The van der Waals surface area contributed by atoms with Crippen molar-refractivity contribution in [3.63, 3.8) is 0 Å². The minimum absolute atomic E-state index is 0.187. The summed E-state index contributed by atoms with van der Waals surface area (Å²) in [5.74, 6) is 1.37. The van der Waals surface area contributed by atoms with Crippen molar-refractivity contribution in [3.05, 3.63) is 54.3 Å². The fourth-order valence-corrected chi connectivity index (χ4v) is 2.77. The van der Waals surface area contributed by atoms with E-state index in [9.17, 15) is 4.39 Å². The summed E-state index contributed by atoms with van der Waals surface area (Å²) in [6, 6.07) is 14.7. The van der Waals surface area contributed by atoms with Gasteiger partial charge < -0.3 is 14.4 Å². The van der Waals surface area contributed by atoms with Gasteiger partial charge in [0.2, 0.25) is 0 Å². The molecule has 2 aromatic carbocycles. The molecule has 0 amide bonds. The molecule has 3 nitrogen and oxygen atoms in total.